The highest BCUT2D eigenvalue weighted by molar-refractivity contribution is 7.90. The van der Waals surface area contributed by atoms with Crippen LogP contribution in [0, 0.1) is 23.5 Å². The molecular weight excluding hydrogens is 588 g/mol. The number of benzene rings is 2. The molecule has 1 aliphatic heterocycles. The molecule has 0 radical (unpaired) electrons. The number of rotatable bonds is 7. The SMILES string of the molecule is CN1CCN(S(=O)(=O)Nc2nn(C)c3c(-c4ccc(C#CC(C)(C)O)nc4[C@@H](N)Cc4cc(F)cc(F)c4)cccc23)CC1. The summed E-state index contributed by atoms with van der Waals surface area (Å²) in [6.07, 6.45) is 0.0779. The van der Waals surface area contributed by atoms with Gasteiger partial charge in [-0.05, 0) is 69.1 Å². The Hall–Kier alpha value is -3.93. The van der Waals surface area contributed by atoms with Crippen molar-refractivity contribution in [2.75, 3.05) is 37.9 Å². The zero-order valence-electron chi connectivity index (χ0n) is 25.0. The third-order valence-electron chi connectivity index (χ3n) is 7.33. The van der Waals surface area contributed by atoms with Gasteiger partial charge < -0.3 is 15.7 Å². The molecule has 1 atom stereocenters. The number of hydrogen-bond donors (Lipinski definition) is 3. The lowest BCUT2D eigenvalue weighted by Crippen LogP contribution is -2.48. The van der Waals surface area contributed by atoms with Crippen LogP contribution < -0.4 is 10.5 Å². The summed E-state index contributed by atoms with van der Waals surface area (Å²) in [4.78, 5) is 6.78. The van der Waals surface area contributed by atoms with Crippen molar-refractivity contribution in [1.82, 2.24) is 24.0 Å². The van der Waals surface area contributed by atoms with Crippen molar-refractivity contribution in [1.29, 1.82) is 0 Å². The van der Waals surface area contributed by atoms with E-state index in [0.29, 0.717) is 65.2 Å². The van der Waals surface area contributed by atoms with E-state index in [1.807, 2.05) is 13.1 Å². The highest BCUT2D eigenvalue weighted by Gasteiger charge is 2.28. The van der Waals surface area contributed by atoms with E-state index in [1.54, 1.807) is 49.8 Å². The highest BCUT2D eigenvalue weighted by Crippen LogP contribution is 2.36. The highest BCUT2D eigenvalue weighted by atomic mass is 32.2. The van der Waals surface area contributed by atoms with E-state index >= 15 is 0 Å². The molecule has 2 aromatic carbocycles. The van der Waals surface area contributed by atoms with Gasteiger partial charge in [0, 0.05) is 55.8 Å². The number of piperazine rings is 1. The van der Waals surface area contributed by atoms with Crippen LogP contribution in [0.25, 0.3) is 22.0 Å². The van der Waals surface area contributed by atoms with Gasteiger partial charge in [0.05, 0.1) is 17.3 Å². The van der Waals surface area contributed by atoms with E-state index in [4.69, 9.17) is 10.7 Å². The Labute approximate surface area is 255 Å². The van der Waals surface area contributed by atoms with Gasteiger partial charge in [-0.3, -0.25) is 9.40 Å². The van der Waals surface area contributed by atoms with E-state index in [-0.39, 0.29) is 12.2 Å². The van der Waals surface area contributed by atoms with E-state index in [9.17, 15) is 22.3 Å². The Morgan fingerprint density at radius 3 is 2.39 bits per heavy atom. The molecule has 44 heavy (non-hydrogen) atoms. The summed E-state index contributed by atoms with van der Waals surface area (Å²) < 4.78 is 60.1. The molecule has 4 N–H and O–H groups in total. The van der Waals surface area contributed by atoms with E-state index < -0.39 is 33.5 Å². The largest absolute Gasteiger partial charge is 0.378 e. The predicted molar refractivity (Wildman–Crippen MR) is 166 cm³/mol. The molecule has 0 aliphatic carbocycles. The maximum Gasteiger partial charge on any atom is 0.302 e. The molecule has 10 nitrogen and oxygen atoms in total. The Bertz CT molecular complexity index is 1850. The monoisotopic (exact) mass is 623 g/mol. The Balaban J connectivity index is 1.58. The second-order valence-electron chi connectivity index (χ2n) is 11.5. The number of aromatic nitrogens is 3. The average Bonchev–Trinajstić information content (AvgIpc) is 3.25. The number of halogens is 2. The number of aryl methyl sites for hydroxylation is 1. The van der Waals surface area contributed by atoms with Crippen LogP contribution in [0.4, 0.5) is 14.6 Å². The standard InChI is InChI=1S/C31H35F2N7O3S/c1-31(2,41)11-10-23-8-9-24(28(35-23)27(34)18-20-16-21(32)19-22(33)17-20)25-6-5-7-26-29(25)39(4)36-30(26)37-44(42,43)40-14-12-38(3)13-15-40/h5-9,16-17,19,27,41H,12-15,18,34H2,1-4H3,(H,36,37)/t27-/m0/s1. The summed E-state index contributed by atoms with van der Waals surface area (Å²) in [6.45, 7) is 5.10. The Morgan fingerprint density at radius 1 is 1.05 bits per heavy atom. The Kier molecular flexibility index (Phi) is 8.75. The maximum atomic E-state index is 14.0. The summed E-state index contributed by atoms with van der Waals surface area (Å²) in [6, 6.07) is 11.3. The number of nitrogens with one attached hydrogen (secondary N) is 1. The van der Waals surface area contributed by atoms with E-state index in [2.05, 4.69) is 26.6 Å². The molecule has 4 aromatic rings. The molecule has 0 saturated carbocycles. The number of anilines is 1. The molecule has 13 heteroatoms. The van der Waals surface area contributed by atoms with Crippen LogP contribution in [0.1, 0.15) is 36.8 Å². The molecule has 0 bridgehead atoms. The zero-order chi connectivity index (χ0) is 31.8. The molecule has 5 rings (SSSR count). The van der Waals surface area contributed by atoms with E-state index in [0.717, 1.165) is 6.07 Å². The second kappa shape index (κ2) is 12.2. The molecule has 0 unspecified atom stereocenters. The third kappa shape index (κ3) is 7.06. The van der Waals surface area contributed by atoms with Crippen LogP contribution in [0.3, 0.4) is 0 Å². The molecule has 1 aliphatic rings. The number of pyridine rings is 1. The Morgan fingerprint density at radius 2 is 1.73 bits per heavy atom. The molecule has 0 amide bonds. The minimum atomic E-state index is -3.85. The van der Waals surface area contributed by atoms with E-state index in [1.165, 1.54) is 16.4 Å². The van der Waals surface area contributed by atoms with Gasteiger partial charge in [0.2, 0.25) is 0 Å². The number of fused-ring (bicyclic) bond motifs is 1. The van der Waals surface area contributed by atoms with Crippen molar-refractivity contribution >= 4 is 26.9 Å². The lowest BCUT2D eigenvalue weighted by Gasteiger charge is -2.31. The van der Waals surface area contributed by atoms with Crippen LogP contribution in [-0.2, 0) is 23.7 Å². The normalized spacial score (nSPS) is 15.6. The first kappa shape index (κ1) is 31.5. The molecule has 1 fully saturated rings. The molecule has 2 aromatic heterocycles. The molecular formula is C31H35F2N7O3S. The van der Waals surface area contributed by atoms with Crippen molar-refractivity contribution in [3.8, 4) is 23.0 Å². The molecule has 0 spiro atoms. The first-order valence-electron chi connectivity index (χ1n) is 14.1. The lowest BCUT2D eigenvalue weighted by molar-refractivity contribution is 0.143. The predicted octanol–water partition coefficient (Wildman–Crippen LogP) is 3.18. The number of nitrogens with two attached hydrogens (primary N) is 1. The van der Waals surface area contributed by atoms with Gasteiger partial charge in [0.25, 0.3) is 0 Å². The topological polar surface area (TPSA) is 130 Å². The summed E-state index contributed by atoms with van der Waals surface area (Å²) in [5, 5.41) is 15.2. The van der Waals surface area contributed by atoms with Gasteiger partial charge in [-0.1, -0.05) is 18.1 Å². The van der Waals surface area contributed by atoms with Crippen LogP contribution in [0.2, 0.25) is 0 Å². The fraction of sp³-hybridized carbons (Fsp3) is 0.355. The van der Waals surface area contributed by atoms with Gasteiger partial charge in [-0.25, -0.2) is 13.8 Å². The van der Waals surface area contributed by atoms with Gasteiger partial charge >= 0.3 is 10.2 Å². The lowest BCUT2D eigenvalue weighted by atomic mass is 9.94. The fourth-order valence-corrected chi connectivity index (χ4v) is 6.36. The van der Waals surface area contributed by atoms with Gasteiger partial charge in [0.15, 0.2) is 5.82 Å². The second-order valence-corrected chi connectivity index (χ2v) is 13.2. The maximum absolute atomic E-state index is 14.0. The van der Waals surface area contributed by atoms with Crippen molar-refractivity contribution in [3.63, 3.8) is 0 Å². The zero-order valence-corrected chi connectivity index (χ0v) is 25.8. The summed E-state index contributed by atoms with van der Waals surface area (Å²) in [5.74, 6) is 4.36. The minimum Gasteiger partial charge on any atom is -0.378 e. The third-order valence-corrected chi connectivity index (χ3v) is 8.83. The quantitative estimate of drug-likeness (QED) is 0.270. The first-order chi connectivity index (χ1) is 20.7. The number of aliphatic hydroxyl groups is 1. The number of nitrogens with zero attached hydrogens (tertiary/aromatic N) is 5. The molecule has 232 valence electrons. The fourth-order valence-electron chi connectivity index (χ4n) is 5.20. The van der Waals surface area contributed by atoms with Crippen LogP contribution >= 0.6 is 0 Å². The van der Waals surface area contributed by atoms with Gasteiger partial charge in [-0.2, -0.15) is 17.8 Å². The first-order valence-corrected chi connectivity index (χ1v) is 15.5. The molecule has 1 saturated heterocycles. The van der Waals surface area contributed by atoms with Gasteiger partial charge in [0.1, 0.15) is 22.9 Å². The van der Waals surface area contributed by atoms with Crippen molar-refractivity contribution in [2.24, 2.45) is 12.8 Å². The summed E-state index contributed by atoms with van der Waals surface area (Å²) >= 11 is 0. The van der Waals surface area contributed by atoms with Crippen molar-refractivity contribution in [2.45, 2.75) is 31.9 Å². The number of hydrogen-bond acceptors (Lipinski definition) is 7. The smallest absolute Gasteiger partial charge is 0.302 e. The van der Waals surface area contributed by atoms with Crippen LogP contribution in [0.15, 0.2) is 48.5 Å². The van der Waals surface area contributed by atoms with Gasteiger partial charge in [-0.15, -0.1) is 0 Å². The molecule has 3 heterocycles. The number of para-hydroxylation sites is 1. The number of likely N-dealkylation sites (N-methyl/N-ethyl adjacent to an activating group) is 1. The van der Waals surface area contributed by atoms with Crippen molar-refractivity contribution < 1.29 is 22.3 Å². The average molecular weight is 624 g/mol. The van der Waals surface area contributed by atoms with Crippen LogP contribution in [0.5, 0.6) is 0 Å². The summed E-state index contributed by atoms with van der Waals surface area (Å²) in [7, 11) is -0.190. The summed E-state index contributed by atoms with van der Waals surface area (Å²) in [5.41, 5.74) is 8.43. The van der Waals surface area contributed by atoms with Crippen LogP contribution in [-0.4, -0.2) is 76.3 Å². The van der Waals surface area contributed by atoms with Crippen molar-refractivity contribution in [3.05, 3.63) is 77.1 Å². The minimum absolute atomic E-state index is 0.0779.